The summed E-state index contributed by atoms with van der Waals surface area (Å²) in [5, 5.41) is 1.01. The molecule has 72 valence electrons. The fraction of sp³-hybridized carbons (Fsp3) is 0.556. The van der Waals surface area contributed by atoms with E-state index in [4.69, 9.17) is 0 Å². The summed E-state index contributed by atoms with van der Waals surface area (Å²) >= 11 is 1.65. The number of aryl methyl sites for hydroxylation is 3. The maximum Gasteiger partial charge on any atom is 0.305 e. The Bertz CT molecular complexity index is 287. The Morgan fingerprint density at radius 3 is 2.69 bits per heavy atom. The van der Waals surface area contributed by atoms with E-state index in [1.165, 1.54) is 12.0 Å². The maximum absolute atomic E-state index is 10.8. The quantitative estimate of drug-likeness (QED) is 0.697. The molecule has 0 amide bonds. The van der Waals surface area contributed by atoms with Gasteiger partial charge < -0.3 is 4.74 Å². The van der Waals surface area contributed by atoms with Gasteiger partial charge in [-0.3, -0.25) is 4.79 Å². The van der Waals surface area contributed by atoms with Crippen LogP contribution in [0, 0.1) is 13.8 Å². The summed E-state index contributed by atoms with van der Waals surface area (Å²) in [4.78, 5) is 16.4. The van der Waals surface area contributed by atoms with Gasteiger partial charge >= 0.3 is 5.97 Å². The SMILES string of the molecule is COC(=O)CCc1nc(C)c(C)s1. The largest absolute Gasteiger partial charge is 0.469 e. The molecular formula is C9H13NO2S. The molecule has 0 spiro atoms. The summed E-state index contributed by atoms with van der Waals surface area (Å²) in [5.74, 6) is -0.175. The first-order valence-electron chi connectivity index (χ1n) is 4.13. The first-order chi connectivity index (χ1) is 6.13. The van der Waals surface area contributed by atoms with Crippen LogP contribution in [0.4, 0.5) is 0 Å². The summed E-state index contributed by atoms with van der Waals surface area (Å²) in [7, 11) is 1.40. The minimum Gasteiger partial charge on any atom is -0.469 e. The molecule has 0 atom stereocenters. The van der Waals surface area contributed by atoms with Crippen LogP contribution >= 0.6 is 11.3 Å². The average Bonchev–Trinajstić information content (AvgIpc) is 2.42. The molecule has 0 aliphatic rings. The van der Waals surface area contributed by atoms with E-state index >= 15 is 0 Å². The lowest BCUT2D eigenvalue weighted by Gasteiger charge is -1.95. The molecule has 0 aliphatic heterocycles. The molecule has 3 nitrogen and oxygen atoms in total. The lowest BCUT2D eigenvalue weighted by Crippen LogP contribution is -2.01. The fourth-order valence-corrected chi connectivity index (χ4v) is 1.89. The van der Waals surface area contributed by atoms with E-state index < -0.39 is 0 Å². The van der Waals surface area contributed by atoms with Crippen molar-refractivity contribution in [2.75, 3.05) is 7.11 Å². The number of aromatic nitrogens is 1. The van der Waals surface area contributed by atoms with Crippen LogP contribution in [-0.4, -0.2) is 18.1 Å². The van der Waals surface area contributed by atoms with Gasteiger partial charge in [-0.25, -0.2) is 4.98 Å². The van der Waals surface area contributed by atoms with E-state index in [9.17, 15) is 4.79 Å². The lowest BCUT2D eigenvalue weighted by atomic mass is 10.3. The van der Waals surface area contributed by atoms with Crippen molar-refractivity contribution < 1.29 is 9.53 Å². The Kier molecular flexibility index (Phi) is 3.42. The number of carbonyl (C=O) groups excluding carboxylic acids is 1. The normalized spacial score (nSPS) is 10.1. The number of nitrogens with zero attached hydrogens (tertiary/aromatic N) is 1. The Hall–Kier alpha value is -0.900. The van der Waals surface area contributed by atoms with Gasteiger partial charge in [0.25, 0.3) is 0 Å². The number of hydrogen-bond donors (Lipinski definition) is 0. The van der Waals surface area contributed by atoms with E-state index in [0.717, 1.165) is 10.7 Å². The molecule has 0 fully saturated rings. The molecule has 0 unspecified atom stereocenters. The van der Waals surface area contributed by atoms with Crippen LogP contribution < -0.4 is 0 Å². The van der Waals surface area contributed by atoms with Crippen LogP contribution in [0.1, 0.15) is 22.0 Å². The van der Waals surface area contributed by atoms with Crippen LogP contribution in [0.3, 0.4) is 0 Å². The zero-order chi connectivity index (χ0) is 9.84. The van der Waals surface area contributed by atoms with Crippen molar-refractivity contribution in [1.82, 2.24) is 4.98 Å². The molecule has 1 heterocycles. The summed E-state index contributed by atoms with van der Waals surface area (Å²) in [6.07, 6.45) is 1.11. The van der Waals surface area contributed by atoms with Crippen LogP contribution in [-0.2, 0) is 16.0 Å². The number of esters is 1. The van der Waals surface area contributed by atoms with E-state index in [2.05, 4.69) is 9.72 Å². The van der Waals surface area contributed by atoms with Crippen LogP contribution in [0.15, 0.2) is 0 Å². The average molecular weight is 199 g/mol. The second kappa shape index (κ2) is 4.37. The highest BCUT2D eigenvalue weighted by molar-refractivity contribution is 7.11. The van der Waals surface area contributed by atoms with Gasteiger partial charge in [0.15, 0.2) is 0 Å². The third kappa shape index (κ3) is 2.81. The number of carbonyl (C=O) groups is 1. The fourth-order valence-electron chi connectivity index (χ4n) is 0.957. The minimum absolute atomic E-state index is 0.175. The molecule has 0 saturated carbocycles. The maximum atomic E-state index is 10.8. The number of ether oxygens (including phenoxy) is 1. The van der Waals surface area contributed by atoms with Gasteiger partial charge in [-0.05, 0) is 13.8 Å². The van der Waals surface area contributed by atoms with Gasteiger partial charge in [-0.15, -0.1) is 11.3 Å². The Labute approximate surface area is 81.8 Å². The van der Waals surface area contributed by atoms with Gasteiger partial charge in [0.1, 0.15) is 0 Å². The smallest absolute Gasteiger partial charge is 0.305 e. The number of thiazole rings is 1. The topological polar surface area (TPSA) is 39.2 Å². The Morgan fingerprint density at radius 1 is 1.54 bits per heavy atom. The van der Waals surface area contributed by atoms with Gasteiger partial charge in [-0.1, -0.05) is 0 Å². The third-order valence-corrected chi connectivity index (χ3v) is 2.98. The molecule has 4 heteroatoms. The summed E-state index contributed by atoms with van der Waals surface area (Å²) in [6.45, 7) is 4.02. The molecule has 1 rings (SSSR count). The summed E-state index contributed by atoms with van der Waals surface area (Å²) in [6, 6.07) is 0. The van der Waals surface area contributed by atoms with Crippen LogP contribution in [0.2, 0.25) is 0 Å². The Balaban J connectivity index is 2.50. The lowest BCUT2D eigenvalue weighted by molar-refractivity contribution is -0.140. The molecule has 0 N–H and O–H groups in total. The van der Waals surface area contributed by atoms with Gasteiger partial charge in [0.2, 0.25) is 0 Å². The van der Waals surface area contributed by atoms with Gasteiger partial charge in [-0.2, -0.15) is 0 Å². The molecule has 13 heavy (non-hydrogen) atoms. The first-order valence-corrected chi connectivity index (χ1v) is 4.95. The molecule has 0 radical (unpaired) electrons. The number of methoxy groups -OCH3 is 1. The summed E-state index contributed by atoms with van der Waals surface area (Å²) < 4.78 is 4.55. The molecule has 1 aromatic rings. The number of hydrogen-bond acceptors (Lipinski definition) is 4. The van der Waals surface area contributed by atoms with Crippen molar-refractivity contribution in [3.8, 4) is 0 Å². The highest BCUT2D eigenvalue weighted by Crippen LogP contribution is 2.17. The molecular weight excluding hydrogens is 186 g/mol. The highest BCUT2D eigenvalue weighted by Gasteiger charge is 2.06. The summed E-state index contributed by atoms with van der Waals surface area (Å²) in [5.41, 5.74) is 1.06. The van der Waals surface area contributed by atoms with Gasteiger partial charge in [0, 0.05) is 11.3 Å². The van der Waals surface area contributed by atoms with E-state index in [-0.39, 0.29) is 5.97 Å². The van der Waals surface area contributed by atoms with Crippen molar-refractivity contribution in [2.45, 2.75) is 26.7 Å². The standard InChI is InChI=1S/C9H13NO2S/c1-6-7(2)13-8(10-6)4-5-9(11)12-3/h4-5H2,1-3H3. The molecule has 0 aromatic carbocycles. The van der Waals surface area contributed by atoms with E-state index in [1.54, 1.807) is 11.3 Å². The van der Waals surface area contributed by atoms with Crippen molar-refractivity contribution in [3.63, 3.8) is 0 Å². The Morgan fingerprint density at radius 2 is 2.23 bits per heavy atom. The monoisotopic (exact) mass is 199 g/mol. The van der Waals surface area contributed by atoms with Crippen molar-refractivity contribution in [3.05, 3.63) is 15.6 Å². The van der Waals surface area contributed by atoms with E-state index in [0.29, 0.717) is 12.8 Å². The van der Waals surface area contributed by atoms with Crippen LogP contribution in [0.5, 0.6) is 0 Å². The van der Waals surface area contributed by atoms with Crippen molar-refractivity contribution in [1.29, 1.82) is 0 Å². The molecule has 0 bridgehead atoms. The predicted octanol–water partition coefficient (Wildman–Crippen LogP) is 1.87. The minimum atomic E-state index is -0.175. The zero-order valence-corrected chi connectivity index (χ0v) is 8.90. The molecule has 1 aromatic heterocycles. The zero-order valence-electron chi connectivity index (χ0n) is 8.09. The second-order valence-corrected chi connectivity index (χ2v) is 4.11. The molecule has 0 aliphatic carbocycles. The second-order valence-electron chi connectivity index (χ2n) is 2.83. The van der Waals surface area contributed by atoms with Crippen molar-refractivity contribution in [2.24, 2.45) is 0 Å². The molecule has 0 saturated heterocycles. The van der Waals surface area contributed by atoms with Crippen LogP contribution in [0.25, 0.3) is 0 Å². The number of rotatable bonds is 3. The van der Waals surface area contributed by atoms with Gasteiger partial charge in [0.05, 0.1) is 24.2 Å². The third-order valence-electron chi connectivity index (χ3n) is 1.84. The first kappa shape index (κ1) is 10.2. The highest BCUT2D eigenvalue weighted by atomic mass is 32.1. The van der Waals surface area contributed by atoms with Crippen molar-refractivity contribution >= 4 is 17.3 Å². The van der Waals surface area contributed by atoms with E-state index in [1.807, 2.05) is 13.8 Å². The predicted molar refractivity (Wildman–Crippen MR) is 51.9 cm³/mol.